The van der Waals surface area contributed by atoms with Gasteiger partial charge < -0.3 is 4.57 Å². The number of amides is 1. The van der Waals surface area contributed by atoms with Gasteiger partial charge in [-0.1, -0.05) is 44.9 Å². The van der Waals surface area contributed by atoms with Gasteiger partial charge in [0, 0.05) is 30.0 Å². The standard InChI is InChI=1S/C21H18BrClN4OS.ClH/c1-14-3-6-18-19(11-14)29-21(25-18)27(9-2-8-26-10-7-24-13-26)20(28)16-12-15(22)4-5-17(16)23;/h3-7,10-13H,2,8-9H2,1H3;1H. The van der Waals surface area contributed by atoms with Crippen LogP contribution in [0.3, 0.4) is 0 Å². The van der Waals surface area contributed by atoms with E-state index in [-0.39, 0.29) is 18.3 Å². The monoisotopic (exact) mass is 524 g/mol. The molecule has 0 aliphatic carbocycles. The molecule has 9 heteroatoms. The molecule has 0 saturated carbocycles. The molecule has 2 aromatic heterocycles. The summed E-state index contributed by atoms with van der Waals surface area (Å²) < 4.78 is 3.87. The van der Waals surface area contributed by atoms with Crippen LogP contribution in [-0.2, 0) is 6.54 Å². The van der Waals surface area contributed by atoms with Crippen molar-refractivity contribution in [1.82, 2.24) is 14.5 Å². The fraction of sp³-hybridized carbons (Fsp3) is 0.190. The zero-order valence-electron chi connectivity index (χ0n) is 16.1. The van der Waals surface area contributed by atoms with E-state index < -0.39 is 0 Å². The lowest BCUT2D eigenvalue weighted by molar-refractivity contribution is 0.0986. The lowest BCUT2D eigenvalue weighted by Crippen LogP contribution is -2.32. The van der Waals surface area contributed by atoms with Crippen molar-refractivity contribution in [2.24, 2.45) is 0 Å². The van der Waals surface area contributed by atoms with E-state index in [4.69, 9.17) is 16.6 Å². The van der Waals surface area contributed by atoms with Crippen LogP contribution in [0.15, 0.2) is 59.6 Å². The Labute approximate surface area is 198 Å². The maximum atomic E-state index is 13.4. The fourth-order valence-corrected chi connectivity index (χ4v) is 4.70. The number of aromatic nitrogens is 3. The summed E-state index contributed by atoms with van der Waals surface area (Å²) in [7, 11) is 0. The van der Waals surface area contributed by atoms with Gasteiger partial charge in [0.05, 0.1) is 27.1 Å². The van der Waals surface area contributed by atoms with Gasteiger partial charge in [-0.15, -0.1) is 12.4 Å². The molecule has 0 bridgehead atoms. The minimum Gasteiger partial charge on any atom is -0.337 e. The molecule has 4 rings (SSSR count). The summed E-state index contributed by atoms with van der Waals surface area (Å²) in [5.41, 5.74) is 2.52. The topological polar surface area (TPSA) is 51.0 Å². The normalized spacial score (nSPS) is 10.8. The molecule has 30 heavy (non-hydrogen) atoms. The highest BCUT2D eigenvalue weighted by Crippen LogP contribution is 2.32. The van der Waals surface area contributed by atoms with Gasteiger partial charge >= 0.3 is 0 Å². The molecule has 4 aromatic rings. The minimum atomic E-state index is -0.155. The first kappa shape index (κ1) is 22.7. The number of carbonyl (C=O) groups is 1. The maximum Gasteiger partial charge on any atom is 0.261 e. The Bertz CT molecular complexity index is 1160. The molecule has 0 fully saturated rings. The number of anilines is 1. The van der Waals surface area contributed by atoms with Gasteiger partial charge in [-0.3, -0.25) is 9.69 Å². The van der Waals surface area contributed by atoms with Crippen LogP contribution in [0.25, 0.3) is 10.2 Å². The highest BCUT2D eigenvalue weighted by Gasteiger charge is 2.23. The number of hydrogen-bond acceptors (Lipinski definition) is 4. The molecule has 0 saturated heterocycles. The highest BCUT2D eigenvalue weighted by atomic mass is 79.9. The second-order valence-electron chi connectivity index (χ2n) is 6.70. The average molecular weight is 526 g/mol. The second-order valence-corrected chi connectivity index (χ2v) is 9.03. The zero-order valence-corrected chi connectivity index (χ0v) is 20.1. The first-order valence-electron chi connectivity index (χ1n) is 9.11. The van der Waals surface area contributed by atoms with E-state index in [0.29, 0.717) is 22.3 Å². The Kier molecular flexibility index (Phi) is 7.52. The number of nitrogens with zero attached hydrogens (tertiary/aromatic N) is 4. The van der Waals surface area contributed by atoms with Crippen LogP contribution in [-0.4, -0.2) is 27.0 Å². The largest absolute Gasteiger partial charge is 0.337 e. The van der Waals surface area contributed by atoms with Crippen molar-refractivity contribution in [2.75, 3.05) is 11.4 Å². The van der Waals surface area contributed by atoms with E-state index >= 15 is 0 Å². The summed E-state index contributed by atoms with van der Waals surface area (Å²) in [4.78, 5) is 23.9. The molecule has 0 unspecified atom stereocenters. The van der Waals surface area contributed by atoms with Crippen LogP contribution in [0, 0.1) is 6.92 Å². The van der Waals surface area contributed by atoms with Crippen molar-refractivity contribution in [2.45, 2.75) is 19.9 Å². The van der Waals surface area contributed by atoms with Crippen molar-refractivity contribution in [1.29, 1.82) is 0 Å². The molecule has 0 aliphatic heterocycles. The summed E-state index contributed by atoms with van der Waals surface area (Å²) >= 11 is 11.3. The van der Waals surface area contributed by atoms with Gasteiger partial charge in [0.25, 0.3) is 5.91 Å². The van der Waals surface area contributed by atoms with E-state index in [1.54, 1.807) is 29.6 Å². The first-order valence-corrected chi connectivity index (χ1v) is 11.1. The number of benzene rings is 2. The third-order valence-electron chi connectivity index (χ3n) is 4.52. The number of carbonyl (C=O) groups excluding carboxylic acids is 1. The van der Waals surface area contributed by atoms with Crippen LogP contribution in [0.5, 0.6) is 0 Å². The fourth-order valence-electron chi connectivity index (χ4n) is 3.06. The Morgan fingerprint density at radius 2 is 2.10 bits per heavy atom. The van der Waals surface area contributed by atoms with Gasteiger partial charge in [-0.05, 0) is 49.2 Å². The molecule has 156 valence electrons. The van der Waals surface area contributed by atoms with Crippen molar-refractivity contribution in [3.05, 3.63) is 75.7 Å². The number of rotatable bonds is 6. The number of fused-ring (bicyclic) bond motifs is 1. The SMILES string of the molecule is Cc1ccc2nc(N(CCCn3ccnc3)C(=O)c3cc(Br)ccc3Cl)sc2c1.Cl. The maximum absolute atomic E-state index is 13.4. The van der Waals surface area contributed by atoms with Gasteiger partial charge in [0.15, 0.2) is 5.13 Å². The summed E-state index contributed by atoms with van der Waals surface area (Å²) in [6.45, 7) is 3.34. The number of hydrogen-bond donors (Lipinski definition) is 0. The summed E-state index contributed by atoms with van der Waals surface area (Å²) in [6.07, 6.45) is 6.21. The predicted molar refractivity (Wildman–Crippen MR) is 129 cm³/mol. The summed E-state index contributed by atoms with van der Waals surface area (Å²) in [6, 6.07) is 11.4. The molecule has 0 atom stereocenters. The quantitative estimate of drug-likeness (QED) is 0.293. The molecule has 0 N–H and O–H groups in total. The summed E-state index contributed by atoms with van der Waals surface area (Å²) in [5, 5.41) is 1.10. The van der Waals surface area contributed by atoms with E-state index in [0.717, 1.165) is 27.7 Å². The smallest absolute Gasteiger partial charge is 0.261 e. The Hall–Kier alpha value is -1.93. The molecule has 2 heterocycles. The van der Waals surface area contributed by atoms with Crippen molar-refractivity contribution in [3.63, 3.8) is 0 Å². The Morgan fingerprint density at radius 3 is 2.87 bits per heavy atom. The molecule has 1 amide bonds. The molecule has 5 nitrogen and oxygen atoms in total. The predicted octanol–water partition coefficient (Wildman–Crippen LogP) is 6.38. The number of imidazole rings is 1. The Morgan fingerprint density at radius 1 is 1.27 bits per heavy atom. The number of halogens is 3. The molecular formula is C21H19BrCl2N4OS. The first-order chi connectivity index (χ1) is 14.0. The van der Waals surface area contributed by atoms with Crippen LogP contribution in [0.4, 0.5) is 5.13 Å². The third-order valence-corrected chi connectivity index (χ3v) is 6.39. The lowest BCUT2D eigenvalue weighted by atomic mass is 10.2. The minimum absolute atomic E-state index is 0. The van der Waals surface area contributed by atoms with Crippen LogP contribution in [0.1, 0.15) is 22.3 Å². The second kappa shape index (κ2) is 9.92. The van der Waals surface area contributed by atoms with Crippen LogP contribution in [0.2, 0.25) is 5.02 Å². The van der Waals surface area contributed by atoms with E-state index in [1.807, 2.05) is 35.9 Å². The summed E-state index contributed by atoms with van der Waals surface area (Å²) in [5.74, 6) is -0.155. The van der Waals surface area contributed by atoms with Gasteiger partial charge in [0.1, 0.15) is 0 Å². The van der Waals surface area contributed by atoms with E-state index in [9.17, 15) is 4.79 Å². The molecule has 0 radical (unpaired) electrons. The molecular weight excluding hydrogens is 507 g/mol. The lowest BCUT2D eigenvalue weighted by Gasteiger charge is -2.21. The van der Waals surface area contributed by atoms with Crippen molar-refractivity contribution < 1.29 is 4.79 Å². The van der Waals surface area contributed by atoms with Gasteiger partial charge in [-0.25, -0.2) is 9.97 Å². The van der Waals surface area contributed by atoms with Gasteiger partial charge in [0.2, 0.25) is 0 Å². The molecule has 0 aliphatic rings. The molecule has 0 spiro atoms. The highest BCUT2D eigenvalue weighted by molar-refractivity contribution is 9.10. The average Bonchev–Trinajstić information content (AvgIpc) is 3.36. The Balaban J connectivity index is 0.00000256. The van der Waals surface area contributed by atoms with Crippen molar-refractivity contribution >= 4 is 72.5 Å². The van der Waals surface area contributed by atoms with Crippen molar-refractivity contribution in [3.8, 4) is 0 Å². The van der Waals surface area contributed by atoms with E-state index in [2.05, 4.69) is 27.0 Å². The van der Waals surface area contributed by atoms with E-state index in [1.165, 1.54) is 16.9 Å². The molecule has 2 aromatic carbocycles. The third kappa shape index (κ3) is 5.03. The van der Waals surface area contributed by atoms with Gasteiger partial charge in [-0.2, -0.15) is 0 Å². The zero-order chi connectivity index (χ0) is 20.4. The number of aryl methyl sites for hydroxylation is 2. The van der Waals surface area contributed by atoms with Crippen LogP contribution >= 0.6 is 51.3 Å². The van der Waals surface area contributed by atoms with Crippen LogP contribution < -0.4 is 4.90 Å². The number of thiazole rings is 1.